The maximum atomic E-state index is 5.81. The Hall–Kier alpha value is -0.120. The second-order valence-corrected chi connectivity index (χ2v) is 5.84. The molecule has 0 aromatic carbocycles. The topological polar surface area (TPSA) is 32.5 Å². The molecule has 90 valence electrons. The van der Waals surface area contributed by atoms with Crippen molar-refractivity contribution >= 4 is 0 Å². The molecule has 0 amide bonds. The Balaban J connectivity index is 2.60. The zero-order valence-corrected chi connectivity index (χ0v) is 11.0. The molecule has 1 aliphatic rings. The quantitative estimate of drug-likeness (QED) is 0.743. The van der Waals surface area contributed by atoms with E-state index < -0.39 is 0 Å². The zero-order valence-electron chi connectivity index (χ0n) is 11.0. The number of nitrogens with zero attached hydrogens (tertiary/aromatic N) is 2. The van der Waals surface area contributed by atoms with Crippen molar-refractivity contribution in [3.05, 3.63) is 0 Å². The van der Waals surface area contributed by atoms with Gasteiger partial charge in [-0.15, -0.1) is 0 Å². The summed E-state index contributed by atoms with van der Waals surface area (Å²) in [5.41, 5.74) is 6.32. The summed E-state index contributed by atoms with van der Waals surface area (Å²) in [6, 6.07) is 0. The van der Waals surface area contributed by atoms with Crippen LogP contribution in [0.25, 0.3) is 0 Å². The van der Waals surface area contributed by atoms with E-state index in [1.165, 1.54) is 19.3 Å². The van der Waals surface area contributed by atoms with Gasteiger partial charge in [0.05, 0.1) is 0 Å². The van der Waals surface area contributed by atoms with Crippen LogP contribution in [-0.4, -0.2) is 55.1 Å². The molecule has 1 saturated carbocycles. The largest absolute Gasteiger partial charge is 0.329 e. The van der Waals surface area contributed by atoms with E-state index >= 15 is 0 Å². The van der Waals surface area contributed by atoms with Crippen LogP contribution in [0, 0.1) is 0 Å². The van der Waals surface area contributed by atoms with E-state index in [2.05, 4.69) is 44.8 Å². The van der Waals surface area contributed by atoms with Crippen molar-refractivity contribution in [3.63, 3.8) is 0 Å². The highest BCUT2D eigenvalue weighted by Crippen LogP contribution is 2.37. The van der Waals surface area contributed by atoms with Crippen molar-refractivity contribution < 1.29 is 0 Å². The highest BCUT2D eigenvalue weighted by molar-refractivity contribution is 4.99. The summed E-state index contributed by atoms with van der Waals surface area (Å²) in [5, 5.41) is 0. The third kappa shape index (κ3) is 2.52. The summed E-state index contributed by atoms with van der Waals surface area (Å²) in [6.45, 7) is 6.28. The fraction of sp³-hybridized carbons (Fsp3) is 1.00. The SMILES string of the molecule is CN(CC1(N(C)C)CCC1)C(C)(C)CN. The molecule has 15 heavy (non-hydrogen) atoms. The summed E-state index contributed by atoms with van der Waals surface area (Å²) >= 11 is 0. The lowest BCUT2D eigenvalue weighted by Crippen LogP contribution is -2.61. The zero-order chi connectivity index (χ0) is 11.7. The first-order valence-corrected chi connectivity index (χ1v) is 5.93. The van der Waals surface area contributed by atoms with E-state index in [4.69, 9.17) is 5.73 Å². The predicted octanol–water partition coefficient (Wildman–Crippen LogP) is 1.14. The van der Waals surface area contributed by atoms with Crippen molar-refractivity contribution in [3.8, 4) is 0 Å². The van der Waals surface area contributed by atoms with Gasteiger partial charge in [-0.2, -0.15) is 0 Å². The highest BCUT2D eigenvalue weighted by Gasteiger charge is 2.41. The van der Waals surface area contributed by atoms with Gasteiger partial charge in [0.15, 0.2) is 0 Å². The maximum absolute atomic E-state index is 5.81. The first-order valence-electron chi connectivity index (χ1n) is 5.93. The van der Waals surface area contributed by atoms with E-state index in [-0.39, 0.29) is 5.54 Å². The minimum absolute atomic E-state index is 0.110. The Bertz CT molecular complexity index is 207. The van der Waals surface area contributed by atoms with E-state index in [1.54, 1.807) is 0 Å². The van der Waals surface area contributed by atoms with Crippen LogP contribution in [0.2, 0.25) is 0 Å². The predicted molar refractivity (Wildman–Crippen MR) is 66.0 cm³/mol. The molecule has 0 aromatic heterocycles. The molecular formula is C12H27N3. The summed E-state index contributed by atoms with van der Waals surface area (Å²) in [7, 11) is 6.58. The molecule has 0 heterocycles. The lowest BCUT2D eigenvalue weighted by Gasteiger charge is -2.51. The molecule has 0 unspecified atom stereocenters. The Morgan fingerprint density at radius 1 is 1.20 bits per heavy atom. The van der Waals surface area contributed by atoms with Gasteiger partial charge in [0.1, 0.15) is 0 Å². The molecule has 3 nitrogen and oxygen atoms in total. The summed E-state index contributed by atoms with van der Waals surface area (Å²) in [5.74, 6) is 0. The Morgan fingerprint density at radius 3 is 2.00 bits per heavy atom. The monoisotopic (exact) mass is 213 g/mol. The van der Waals surface area contributed by atoms with Crippen LogP contribution in [0.4, 0.5) is 0 Å². The second-order valence-electron chi connectivity index (χ2n) is 5.84. The van der Waals surface area contributed by atoms with Crippen molar-refractivity contribution in [1.29, 1.82) is 0 Å². The lowest BCUT2D eigenvalue weighted by atomic mass is 9.75. The van der Waals surface area contributed by atoms with Crippen LogP contribution in [0.3, 0.4) is 0 Å². The number of hydrogen-bond acceptors (Lipinski definition) is 3. The van der Waals surface area contributed by atoms with Crippen molar-refractivity contribution in [2.24, 2.45) is 5.73 Å². The van der Waals surface area contributed by atoms with E-state index in [0.717, 1.165) is 6.54 Å². The second kappa shape index (κ2) is 4.40. The Labute approximate surface area is 94.6 Å². The number of rotatable bonds is 5. The molecule has 0 spiro atoms. The average Bonchev–Trinajstić information content (AvgIpc) is 2.10. The highest BCUT2D eigenvalue weighted by atomic mass is 15.3. The van der Waals surface area contributed by atoms with Crippen LogP contribution < -0.4 is 5.73 Å². The van der Waals surface area contributed by atoms with Crippen molar-refractivity contribution in [2.75, 3.05) is 34.2 Å². The number of nitrogens with two attached hydrogens (primary N) is 1. The molecular weight excluding hydrogens is 186 g/mol. The molecule has 3 heteroatoms. The third-order valence-electron chi connectivity index (χ3n) is 4.30. The molecule has 0 saturated heterocycles. The van der Waals surface area contributed by atoms with Gasteiger partial charge in [-0.05, 0) is 54.3 Å². The molecule has 1 fully saturated rings. The molecule has 0 aliphatic heterocycles. The van der Waals surface area contributed by atoms with Crippen LogP contribution in [0.15, 0.2) is 0 Å². The molecule has 1 aliphatic carbocycles. The van der Waals surface area contributed by atoms with Crippen molar-refractivity contribution in [1.82, 2.24) is 9.80 Å². The van der Waals surface area contributed by atoms with Gasteiger partial charge >= 0.3 is 0 Å². The smallest absolute Gasteiger partial charge is 0.0330 e. The molecule has 0 radical (unpaired) electrons. The third-order valence-corrected chi connectivity index (χ3v) is 4.30. The first kappa shape index (κ1) is 12.9. The van der Waals surface area contributed by atoms with E-state index in [1.807, 2.05) is 0 Å². The van der Waals surface area contributed by atoms with Gasteiger partial charge in [-0.1, -0.05) is 0 Å². The minimum atomic E-state index is 0.110. The standard InChI is InChI=1S/C12H27N3/c1-11(2,9-13)15(5)10-12(14(3)4)7-6-8-12/h6-10,13H2,1-5H3. The number of likely N-dealkylation sites (N-methyl/N-ethyl adjacent to an activating group) is 2. The molecule has 0 atom stereocenters. The van der Waals surface area contributed by atoms with Crippen LogP contribution in [0.5, 0.6) is 0 Å². The van der Waals surface area contributed by atoms with Gasteiger partial charge in [-0.3, -0.25) is 4.90 Å². The Kier molecular flexibility index (Phi) is 3.80. The summed E-state index contributed by atoms with van der Waals surface area (Å²) < 4.78 is 0. The first-order chi connectivity index (χ1) is 6.84. The molecule has 0 aromatic rings. The van der Waals surface area contributed by atoms with Gasteiger partial charge in [0.25, 0.3) is 0 Å². The lowest BCUT2D eigenvalue weighted by molar-refractivity contribution is 0.00118. The van der Waals surface area contributed by atoms with Gasteiger partial charge in [-0.25, -0.2) is 0 Å². The summed E-state index contributed by atoms with van der Waals surface area (Å²) in [4.78, 5) is 4.80. The molecule has 2 N–H and O–H groups in total. The van der Waals surface area contributed by atoms with Gasteiger partial charge < -0.3 is 10.6 Å². The van der Waals surface area contributed by atoms with Crippen molar-refractivity contribution in [2.45, 2.75) is 44.2 Å². The summed E-state index contributed by atoms with van der Waals surface area (Å²) in [6.07, 6.45) is 4.02. The van der Waals surface area contributed by atoms with Crippen LogP contribution >= 0.6 is 0 Å². The minimum Gasteiger partial charge on any atom is -0.329 e. The van der Waals surface area contributed by atoms with Crippen LogP contribution in [0.1, 0.15) is 33.1 Å². The van der Waals surface area contributed by atoms with E-state index in [9.17, 15) is 0 Å². The maximum Gasteiger partial charge on any atom is 0.0330 e. The van der Waals surface area contributed by atoms with Gasteiger partial charge in [0.2, 0.25) is 0 Å². The van der Waals surface area contributed by atoms with Crippen LogP contribution in [-0.2, 0) is 0 Å². The fourth-order valence-corrected chi connectivity index (χ4v) is 2.14. The number of hydrogen-bond donors (Lipinski definition) is 1. The normalized spacial score (nSPS) is 20.8. The van der Waals surface area contributed by atoms with E-state index in [0.29, 0.717) is 12.1 Å². The Morgan fingerprint density at radius 2 is 1.73 bits per heavy atom. The van der Waals surface area contributed by atoms with Gasteiger partial charge in [0, 0.05) is 24.2 Å². The average molecular weight is 213 g/mol. The molecule has 1 rings (SSSR count). The fourth-order valence-electron chi connectivity index (χ4n) is 2.14. The molecule has 0 bridgehead atoms.